The third-order valence-electron chi connectivity index (χ3n) is 5.87. The first kappa shape index (κ1) is 20.8. The van der Waals surface area contributed by atoms with Gasteiger partial charge in [-0.05, 0) is 63.9 Å². The lowest BCUT2D eigenvalue weighted by molar-refractivity contribution is 0.430. The predicted octanol–water partition coefficient (Wildman–Crippen LogP) is 5.24. The molecule has 0 amide bonds. The van der Waals surface area contributed by atoms with E-state index in [-0.39, 0.29) is 0 Å². The van der Waals surface area contributed by atoms with Gasteiger partial charge in [-0.1, -0.05) is 40.2 Å². The molecule has 5 rings (SSSR count). The summed E-state index contributed by atoms with van der Waals surface area (Å²) < 4.78 is 13.2. The number of aromatic nitrogens is 6. The van der Waals surface area contributed by atoms with Crippen LogP contribution in [-0.4, -0.2) is 30.1 Å². The second-order valence-corrected chi connectivity index (χ2v) is 8.29. The highest BCUT2D eigenvalue weighted by molar-refractivity contribution is 5.60. The zero-order chi connectivity index (χ0) is 23.1. The maximum Gasteiger partial charge on any atom is 0.280 e. The van der Waals surface area contributed by atoms with Gasteiger partial charge in [-0.2, -0.15) is 4.98 Å². The molecule has 0 N–H and O–H groups in total. The van der Waals surface area contributed by atoms with Gasteiger partial charge >= 0.3 is 0 Å². The van der Waals surface area contributed by atoms with Crippen LogP contribution in [0, 0.1) is 34.6 Å². The third kappa shape index (κ3) is 3.95. The first-order chi connectivity index (χ1) is 15.9. The van der Waals surface area contributed by atoms with Gasteiger partial charge < -0.3 is 8.94 Å². The Morgan fingerprint density at radius 1 is 0.818 bits per heavy atom. The zero-order valence-corrected chi connectivity index (χ0v) is 19.2. The summed E-state index contributed by atoms with van der Waals surface area (Å²) in [5, 5.41) is 12.7. The lowest BCUT2D eigenvalue weighted by Crippen LogP contribution is -2.05. The van der Waals surface area contributed by atoms with Crippen LogP contribution in [0.4, 0.5) is 0 Å². The van der Waals surface area contributed by atoms with Crippen LogP contribution >= 0.6 is 0 Å². The Labute approximate surface area is 191 Å². The van der Waals surface area contributed by atoms with Crippen molar-refractivity contribution < 1.29 is 8.94 Å². The molecule has 3 heterocycles. The summed E-state index contributed by atoms with van der Waals surface area (Å²) >= 11 is 0. The van der Waals surface area contributed by atoms with Gasteiger partial charge in [0.1, 0.15) is 11.5 Å². The van der Waals surface area contributed by atoms with E-state index in [1.165, 1.54) is 16.7 Å². The van der Waals surface area contributed by atoms with Gasteiger partial charge in [-0.15, -0.1) is 5.10 Å². The normalized spacial score (nSPS) is 11.3. The lowest BCUT2D eigenvalue weighted by atomic mass is 10.1. The molecule has 3 aromatic heterocycles. The van der Waals surface area contributed by atoms with Gasteiger partial charge in [0.2, 0.25) is 11.7 Å². The molecule has 0 aliphatic carbocycles. The average Bonchev–Trinajstić information content (AvgIpc) is 3.51. The van der Waals surface area contributed by atoms with E-state index in [9.17, 15) is 0 Å². The topological polar surface area (TPSA) is 95.7 Å². The minimum atomic E-state index is 0.337. The van der Waals surface area contributed by atoms with Gasteiger partial charge in [0.15, 0.2) is 5.69 Å². The molecule has 0 saturated heterocycles. The van der Waals surface area contributed by atoms with Crippen molar-refractivity contribution in [1.82, 2.24) is 30.1 Å². The van der Waals surface area contributed by atoms with E-state index in [4.69, 9.17) is 8.94 Å². The second kappa shape index (κ2) is 8.12. The van der Waals surface area contributed by atoms with Crippen LogP contribution in [0.5, 0.6) is 0 Å². The first-order valence-corrected chi connectivity index (χ1v) is 10.7. The molecule has 0 aliphatic rings. The summed E-state index contributed by atoms with van der Waals surface area (Å²) in [4.78, 5) is 9.22. The highest BCUT2D eigenvalue weighted by Crippen LogP contribution is 2.26. The van der Waals surface area contributed by atoms with Gasteiger partial charge in [-0.3, -0.25) is 0 Å². The smallest absolute Gasteiger partial charge is 0.280 e. The SMILES string of the molecule is Cc1ccc(-c2nc(Cn3nnc(-c4nc(-c5ccc(C)c(C)c5)no4)c3C)c(C)o2)cc1. The molecule has 166 valence electrons. The number of hydrogen-bond acceptors (Lipinski definition) is 7. The van der Waals surface area contributed by atoms with Gasteiger partial charge in [-0.25, -0.2) is 9.67 Å². The van der Waals surface area contributed by atoms with E-state index >= 15 is 0 Å². The first-order valence-electron chi connectivity index (χ1n) is 10.7. The van der Waals surface area contributed by atoms with E-state index in [2.05, 4.69) is 46.2 Å². The van der Waals surface area contributed by atoms with Gasteiger partial charge in [0.25, 0.3) is 5.89 Å². The van der Waals surface area contributed by atoms with Gasteiger partial charge in [0, 0.05) is 11.1 Å². The van der Waals surface area contributed by atoms with Crippen molar-refractivity contribution in [1.29, 1.82) is 0 Å². The van der Waals surface area contributed by atoms with Crippen LogP contribution in [0.3, 0.4) is 0 Å². The molecule has 2 aromatic carbocycles. The standard InChI is InChI=1S/C25H24N6O2/c1-14-6-9-19(10-7-14)24-26-21(18(5)32-24)13-31-17(4)22(28-30-31)25-27-23(29-33-25)20-11-8-15(2)16(3)12-20/h6-12H,13H2,1-5H3. The molecule has 0 atom stereocenters. The molecule has 0 spiro atoms. The summed E-state index contributed by atoms with van der Waals surface area (Å²) in [5.74, 6) is 2.20. The molecule has 8 heteroatoms. The van der Waals surface area contributed by atoms with Crippen molar-refractivity contribution in [2.45, 2.75) is 41.2 Å². The molecule has 5 aromatic rings. The third-order valence-corrected chi connectivity index (χ3v) is 5.87. The Morgan fingerprint density at radius 2 is 1.58 bits per heavy atom. The molecule has 33 heavy (non-hydrogen) atoms. The predicted molar refractivity (Wildman–Crippen MR) is 123 cm³/mol. The molecular weight excluding hydrogens is 416 g/mol. The van der Waals surface area contributed by atoms with E-state index < -0.39 is 0 Å². The van der Waals surface area contributed by atoms with Crippen molar-refractivity contribution in [2.75, 3.05) is 0 Å². The fraction of sp³-hybridized carbons (Fsp3) is 0.240. The number of oxazole rings is 1. The molecule has 0 unspecified atom stereocenters. The van der Waals surface area contributed by atoms with Crippen LogP contribution < -0.4 is 0 Å². The van der Waals surface area contributed by atoms with Crippen molar-refractivity contribution in [3.05, 3.63) is 76.3 Å². The number of aryl methyl sites for hydroxylation is 4. The monoisotopic (exact) mass is 440 g/mol. The minimum Gasteiger partial charge on any atom is -0.441 e. The lowest BCUT2D eigenvalue weighted by Gasteiger charge is -2.01. The Morgan fingerprint density at radius 3 is 2.33 bits per heavy atom. The summed E-state index contributed by atoms with van der Waals surface area (Å²) in [6.45, 7) is 10.4. The molecule has 0 radical (unpaired) electrons. The van der Waals surface area contributed by atoms with Crippen molar-refractivity contribution in [3.8, 4) is 34.4 Å². The molecule has 0 bridgehead atoms. The number of rotatable bonds is 5. The average molecular weight is 441 g/mol. The Kier molecular flexibility index (Phi) is 5.12. The summed E-state index contributed by atoms with van der Waals surface area (Å²) in [5.41, 5.74) is 7.59. The highest BCUT2D eigenvalue weighted by atomic mass is 16.5. The largest absolute Gasteiger partial charge is 0.441 e. The minimum absolute atomic E-state index is 0.337. The van der Waals surface area contributed by atoms with E-state index in [0.717, 1.165) is 28.3 Å². The summed E-state index contributed by atoms with van der Waals surface area (Å²) in [6.07, 6.45) is 0. The van der Waals surface area contributed by atoms with Crippen molar-refractivity contribution >= 4 is 0 Å². The van der Waals surface area contributed by atoms with Crippen molar-refractivity contribution in [3.63, 3.8) is 0 Å². The summed E-state index contributed by atoms with van der Waals surface area (Å²) in [7, 11) is 0. The van der Waals surface area contributed by atoms with Crippen molar-refractivity contribution in [2.24, 2.45) is 0 Å². The number of benzene rings is 2. The molecule has 0 fully saturated rings. The van der Waals surface area contributed by atoms with Crippen LogP contribution in [0.2, 0.25) is 0 Å². The van der Waals surface area contributed by atoms with E-state index in [1.807, 2.05) is 56.3 Å². The maximum absolute atomic E-state index is 5.90. The van der Waals surface area contributed by atoms with Crippen LogP contribution in [0.15, 0.2) is 51.4 Å². The second-order valence-electron chi connectivity index (χ2n) is 8.29. The number of hydrogen-bond donors (Lipinski definition) is 0. The fourth-order valence-electron chi connectivity index (χ4n) is 3.56. The fourth-order valence-corrected chi connectivity index (χ4v) is 3.56. The van der Waals surface area contributed by atoms with E-state index in [0.29, 0.717) is 29.8 Å². The Balaban J connectivity index is 1.40. The van der Waals surface area contributed by atoms with Gasteiger partial charge in [0.05, 0.1) is 12.2 Å². The molecule has 0 aliphatic heterocycles. The van der Waals surface area contributed by atoms with E-state index in [1.54, 1.807) is 4.68 Å². The van der Waals surface area contributed by atoms with Crippen LogP contribution in [0.25, 0.3) is 34.4 Å². The Bertz CT molecular complexity index is 1440. The number of nitrogens with zero attached hydrogens (tertiary/aromatic N) is 6. The van der Waals surface area contributed by atoms with Crippen LogP contribution in [0.1, 0.15) is 33.8 Å². The quantitative estimate of drug-likeness (QED) is 0.369. The molecule has 0 saturated carbocycles. The van der Waals surface area contributed by atoms with Crippen LogP contribution in [-0.2, 0) is 6.54 Å². The molecular formula is C25H24N6O2. The Hall–Kier alpha value is -4.07. The summed E-state index contributed by atoms with van der Waals surface area (Å²) in [6, 6.07) is 14.2. The molecule has 8 nitrogen and oxygen atoms in total. The highest BCUT2D eigenvalue weighted by Gasteiger charge is 2.20. The maximum atomic E-state index is 5.90. The zero-order valence-electron chi connectivity index (χ0n) is 19.2.